The highest BCUT2D eigenvalue weighted by Crippen LogP contribution is 2.33. The number of ether oxygens (including phenoxy) is 3. The standard InChI is InChI=1S/C31H33NO13S2/c1-4-11-42-22-6-8-26-24(17-22)28(31(35)45-29-19(2)15-21(30(33)34)16-20(29)3)25-18-23(43-12-13-44-47(39,40)41)7-9-27(25)32(26)10-5-14-46(36,37)38/h6-9,15-18H,4-5,10-14H2,1-3H3,(H2-,33,34,36,37,38,39,40,41). The molecule has 0 aliphatic heterocycles. The molecule has 0 atom stereocenters. The number of aryl methyl sites for hydroxylation is 3. The first kappa shape index (κ1) is 35.5. The maximum Gasteiger partial charge on any atom is 0.397 e. The molecule has 0 aliphatic carbocycles. The second kappa shape index (κ2) is 14.6. The number of carboxylic acids is 1. The molecule has 16 heteroatoms. The third-order valence-electron chi connectivity index (χ3n) is 7.00. The van der Waals surface area contributed by atoms with Crippen molar-refractivity contribution in [3.8, 4) is 17.2 Å². The molecule has 252 valence electrons. The number of carbonyl (C=O) groups excluding carboxylic acids is 1. The maximum absolute atomic E-state index is 14.2. The van der Waals surface area contributed by atoms with Crippen molar-refractivity contribution in [2.45, 2.75) is 40.2 Å². The topological polar surface area (TPSA) is 207 Å². The molecule has 0 saturated carbocycles. The minimum absolute atomic E-state index is 0.0222. The average Bonchev–Trinajstić information content (AvgIpc) is 2.98. The molecule has 3 aromatic carbocycles. The predicted octanol–water partition coefficient (Wildman–Crippen LogP) is 3.74. The summed E-state index contributed by atoms with van der Waals surface area (Å²) in [4.78, 5) is 25.7. The number of esters is 1. The molecule has 0 aliphatic rings. The van der Waals surface area contributed by atoms with Gasteiger partial charge in [-0.1, -0.05) is 6.92 Å². The van der Waals surface area contributed by atoms with E-state index in [4.69, 9.17) is 18.8 Å². The van der Waals surface area contributed by atoms with Crippen LogP contribution in [-0.4, -0.2) is 68.6 Å². The third-order valence-corrected chi connectivity index (χ3v) is 8.25. The normalized spacial score (nSPS) is 11.9. The van der Waals surface area contributed by atoms with E-state index < -0.39 is 44.8 Å². The number of fused-ring (bicyclic) bond motifs is 2. The Morgan fingerprint density at radius 2 is 1.40 bits per heavy atom. The Bertz CT molecular complexity index is 2040. The summed E-state index contributed by atoms with van der Waals surface area (Å²) in [5.41, 5.74) is 1.86. The van der Waals surface area contributed by atoms with Crippen LogP contribution in [0, 0.1) is 13.8 Å². The van der Waals surface area contributed by atoms with Gasteiger partial charge >= 0.3 is 22.3 Å². The van der Waals surface area contributed by atoms with Crippen molar-refractivity contribution >= 4 is 54.3 Å². The molecular weight excluding hydrogens is 658 g/mol. The number of pyridine rings is 1. The third kappa shape index (κ3) is 9.14. The highest BCUT2D eigenvalue weighted by molar-refractivity contribution is 7.85. The van der Waals surface area contributed by atoms with E-state index >= 15 is 0 Å². The van der Waals surface area contributed by atoms with E-state index in [0.717, 1.165) is 0 Å². The Labute approximate surface area is 271 Å². The van der Waals surface area contributed by atoms with Gasteiger partial charge in [0.2, 0.25) is 11.0 Å². The van der Waals surface area contributed by atoms with Crippen molar-refractivity contribution in [1.82, 2.24) is 0 Å². The van der Waals surface area contributed by atoms with Gasteiger partial charge in [0.1, 0.15) is 30.5 Å². The Kier molecular flexibility index (Phi) is 11.0. The van der Waals surface area contributed by atoms with Gasteiger partial charge < -0.3 is 23.9 Å². The molecule has 0 saturated heterocycles. The number of carbonyl (C=O) groups is 2. The lowest BCUT2D eigenvalue weighted by Crippen LogP contribution is -2.37. The summed E-state index contributed by atoms with van der Waals surface area (Å²) in [7, 11) is -9.20. The second-order valence-electron chi connectivity index (χ2n) is 10.6. The van der Waals surface area contributed by atoms with Crippen molar-refractivity contribution in [2.75, 3.05) is 25.6 Å². The fourth-order valence-corrected chi connectivity index (χ4v) is 5.87. The Morgan fingerprint density at radius 3 is 1.89 bits per heavy atom. The van der Waals surface area contributed by atoms with Crippen molar-refractivity contribution < 1.29 is 63.6 Å². The molecule has 4 aromatic rings. The van der Waals surface area contributed by atoms with Crippen LogP contribution < -0.4 is 18.8 Å². The van der Waals surface area contributed by atoms with Gasteiger partial charge in [-0.2, -0.15) is 13.0 Å². The van der Waals surface area contributed by atoms with Crippen LogP contribution in [-0.2, 0) is 31.2 Å². The van der Waals surface area contributed by atoms with E-state index in [1.165, 1.54) is 24.3 Å². The van der Waals surface area contributed by atoms with Gasteiger partial charge in [0, 0.05) is 24.3 Å². The van der Waals surface area contributed by atoms with E-state index in [1.54, 1.807) is 42.7 Å². The largest absolute Gasteiger partial charge is 0.748 e. The minimum atomic E-state index is -4.69. The van der Waals surface area contributed by atoms with Crippen LogP contribution >= 0.6 is 0 Å². The molecule has 47 heavy (non-hydrogen) atoms. The lowest BCUT2D eigenvalue weighted by Gasteiger charge is -2.16. The maximum atomic E-state index is 14.2. The lowest BCUT2D eigenvalue weighted by molar-refractivity contribution is -0.645. The Balaban J connectivity index is 1.93. The van der Waals surface area contributed by atoms with E-state index in [9.17, 15) is 36.1 Å². The van der Waals surface area contributed by atoms with Gasteiger partial charge in [-0.3, -0.25) is 4.55 Å². The molecule has 14 nitrogen and oxygen atoms in total. The van der Waals surface area contributed by atoms with E-state index in [0.29, 0.717) is 51.7 Å². The number of aromatic nitrogens is 1. The average molecular weight is 692 g/mol. The molecule has 0 unspecified atom stereocenters. The molecule has 0 radical (unpaired) electrons. The van der Waals surface area contributed by atoms with Gasteiger partial charge in [-0.25, -0.2) is 22.2 Å². The smallest absolute Gasteiger partial charge is 0.397 e. The summed E-state index contributed by atoms with van der Waals surface area (Å²) in [6, 6.07) is 12.5. The van der Waals surface area contributed by atoms with Gasteiger partial charge in [0.25, 0.3) is 0 Å². The van der Waals surface area contributed by atoms with Gasteiger partial charge in [-0.15, -0.1) is 0 Å². The number of benzene rings is 3. The van der Waals surface area contributed by atoms with Crippen LogP contribution in [0.1, 0.15) is 51.6 Å². The molecule has 4 rings (SSSR count). The van der Waals surface area contributed by atoms with Gasteiger partial charge in [-0.05, 0) is 67.8 Å². The highest BCUT2D eigenvalue weighted by atomic mass is 32.3. The first-order valence-corrected chi connectivity index (χ1v) is 17.3. The zero-order valence-corrected chi connectivity index (χ0v) is 27.4. The van der Waals surface area contributed by atoms with Crippen LogP contribution in [0.3, 0.4) is 0 Å². The zero-order valence-electron chi connectivity index (χ0n) is 25.7. The zero-order chi connectivity index (χ0) is 34.5. The molecule has 2 N–H and O–H groups in total. The van der Waals surface area contributed by atoms with Crippen molar-refractivity contribution in [1.29, 1.82) is 0 Å². The molecule has 1 aromatic heterocycles. The van der Waals surface area contributed by atoms with Crippen LogP contribution in [0.5, 0.6) is 17.2 Å². The van der Waals surface area contributed by atoms with Crippen LogP contribution in [0.25, 0.3) is 21.8 Å². The molecule has 0 amide bonds. The monoisotopic (exact) mass is 691 g/mol. The molecule has 1 heterocycles. The Hall–Kier alpha value is -4.35. The fraction of sp³-hybridized carbons (Fsp3) is 0.323. The van der Waals surface area contributed by atoms with Crippen LogP contribution in [0.4, 0.5) is 0 Å². The van der Waals surface area contributed by atoms with Crippen molar-refractivity contribution in [3.05, 3.63) is 70.8 Å². The number of rotatable bonds is 15. The van der Waals surface area contributed by atoms with E-state index in [2.05, 4.69) is 4.18 Å². The summed E-state index contributed by atoms with van der Waals surface area (Å²) in [6.45, 7) is 4.82. The number of hydrogen-bond donors (Lipinski definition) is 2. The highest BCUT2D eigenvalue weighted by Gasteiger charge is 2.28. The number of hydrogen-bond acceptors (Lipinski definition) is 11. The number of carboxylic acid groups (broad SMARTS) is 1. The minimum Gasteiger partial charge on any atom is -0.748 e. The van der Waals surface area contributed by atoms with E-state index in [1.807, 2.05) is 6.92 Å². The lowest BCUT2D eigenvalue weighted by atomic mass is 10.0. The predicted molar refractivity (Wildman–Crippen MR) is 167 cm³/mol. The number of nitrogens with zero attached hydrogens (tertiary/aromatic N) is 1. The first-order chi connectivity index (χ1) is 22.1. The van der Waals surface area contributed by atoms with Crippen molar-refractivity contribution in [2.24, 2.45) is 0 Å². The summed E-state index contributed by atoms with van der Waals surface area (Å²) in [5.74, 6) is -1.78. The Morgan fingerprint density at radius 1 is 0.851 bits per heavy atom. The van der Waals surface area contributed by atoms with E-state index in [-0.39, 0.29) is 42.2 Å². The first-order valence-electron chi connectivity index (χ1n) is 14.4. The number of aromatic carboxylic acids is 1. The SMILES string of the molecule is CCCOc1ccc2c(c1)c(C(=O)Oc1c(C)cc(C(=O)O)cc1C)c1cc(OCCOS(=O)(=O)O)ccc1[n+]2CCCS(=O)(=O)[O-]. The van der Waals surface area contributed by atoms with Crippen LogP contribution in [0.15, 0.2) is 48.5 Å². The fourth-order valence-electron chi connectivity index (χ4n) is 5.11. The summed E-state index contributed by atoms with van der Waals surface area (Å²) in [6.07, 6.45) is 0.680. The van der Waals surface area contributed by atoms with Crippen LogP contribution in [0.2, 0.25) is 0 Å². The summed E-state index contributed by atoms with van der Waals surface area (Å²) in [5, 5.41) is 10.1. The summed E-state index contributed by atoms with van der Waals surface area (Å²) >= 11 is 0. The molecule has 0 spiro atoms. The summed E-state index contributed by atoms with van der Waals surface area (Å²) < 4.78 is 88.3. The van der Waals surface area contributed by atoms with Crippen molar-refractivity contribution in [3.63, 3.8) is 0 Å². The van der Waals surface area contributed by atoms with Gasteiger partial charge in [0.15, 0.2) is 6.54 Å². The molecule has 0 bridgehead atoms. The molecular formula is C31H33NO13S2. The van der Waals surface area contributed by atoms with Gasteiger partial charge in [0.05, 0.1) is 38.6 Å². The molecule has 0 fully saturated rings. The second-order valence-corrected chi connectivity index (χ2v) is 13.2. The quantitative estimate of drug-likeness (QED) is 0.0456.